The Kier molecular flexibility index (Phi) is 8.57. The lowest BCUT2D eigenvalue weighted by atomic mass is 10.0. The first-order valence-electron chi connectivity index (χ1n) is 10.2. The van der Waals surface area contributed by atoms with Crippen LogP contribution in [-0.4, -0.2) is 73.1 Å². The molecule has 1 fully saturated rings. The number of morpholine rings is 1. The fourth-order valence-electron chi connectivity index (χ4n) is 3.61. The number of hydrogen-bond acceptors (Lipinski definition) is 4. The van der Waals surface area contributed by atoms with Gasteiger partial charge in [-0.05, 0) is 31.7 Å². The summed E-state index contributed by atoms with van der Waals surface area (Å²) in [5, 5.41) is 11.5. The minimum atomic E-state index is 0.460. The maximum absolute atomic E-state index is 5.49. The lowest BCUT2D eigenvalue weighted by Gasteiger charge is -2.37. The Hall–Kier alpha value is -1.60. The van der Waals surface area contributed by atoms with Crippen molar-refractivity contribution in [3.63, 3.8) is 0 Å². The van der Waals surface area contributed by atoms with E-state index in [4.69, 9.17) is 4.74 Å². The Bertz CT molecular complexity index is 591. The monoisotopic (exact) mass is 378 g/mol. The van der Waals surface area contributed by atoms with Gasteiger partial charge in [-0.3, -0.25) is 14.6 Å². The quantitative estimate of drug-likeness (QED) is 0.532. The van der Waals surface area contributed by atoms with E-state index >= 15 is 0 Å². The lowest BCUT2D eigenvalue weighted by Crippen LogP contribution is -2.52. The van der Waals surface area contributed by atoms with E-state index in [0.717, 1.165) is 57.6 Å². The molecule has 2 N–H and O–H groups in total. The predicted molar refractivity (Wildman–Crippen MR) is 111 cm³/mol. The van der Waals surface area contributed by atoms with E-state index in [9.17, 15) is 0 Å². The van der Waals surface area contributed by atoms with Crippen LogP contribution in [-0.2, 0) is 11.3 Å². The normalized spacial score (nSPS) is 18.6. The number of hydrogen-bond donors (Lipinski definition) is 2. The Balaban J connectivity index is 1.79. The third kappa shape index (κ3) is 6.81. The SMILES string of the molecule is CN=C(NCC(C)Cn1nc(C)cc1C)NCC(C(C)C)N1CCOCC1. The van der Waals surface area contributed by atoms with Crippen molar-refractivity contribution in [2.24, 2.45) is 16.8 Å². The summed E-state index contributed by atoms with van der Waals surface area (Å²) in [5.74, 6) is 1.91. The molecule has 1 aromatic heterocycles. The highest BCUT2D eigenvalue weighted by atomic mass is 16.5. The molecular weight excluding hydrogens is 340 g/mol. The summed E-state index contributed by atoms with van der Waals surface area (Å²) in [6, 6.07) is 2.61. The zero-order valence-electron chi connectivity index (χ0n) is 18.0. The smallest absolute Gasteiger partial charge is 0.191 e. The largest absolute Gasteiger partial charge is 0.379 e. The summed E-state index contributed by atoms with van der Waals surface area (Å²) in [4.78, 5) is 6.92. The molecule has 0 aromatic carbocycles. The summed E-state index contributed by atoms with van der Waals surface area (Å²) >= 11 is 0. The molecule has 7 nitrogen and oxygen atoms in total. The highest BCUT2D eigenvalue weighted by Crippen LogP contribution is 2.12. The predicted octanol–water partition coefficient (Wildman–Crippen LogP) is 1.66. The Labute approximate surface area is 164 Å². The minimum absolute atomic E-state index is 0.460. The topological polar surface area (TPSA) is 66.7 Å². The van der Waals surface area contributed by atoms with E-state index in [1.54, 1.807) is 0 Å². The summed E-state index contributed by atoms with van der Waals surface area (Å²) in [6.45, 7) is 17.3. The molecule has 27 heavy (non-hydrogen) atoms. The van der Waals surface area contributed by atoms with Crippen LogP contribution in [0.25, 0.3) is 0 Å². The zero-order chi connectivity index (χ0) is 19.8. The number of rotatable bonds is 8. The molecule has 0 aliphatic carbocycles. The van der Waals surface area contributed by atoms with Crippen LogP contribution in [0.15, 0.2) is 11.1 Å². The molecule has 0 amide bonds. The van der Waals surface area contributed by atoms with Crippen LogP contribution in [0.1, 0.15) is 32.2 Å². The highest BCUT2D eigenvalue weighted by Gasteiger charge is 2.23. The highest BCUT2D eigenvalue weighted by molar-refractivity contribution is 5.79. The standard InChI is InChI=1S/C20H38N6O/c1-15(2)19(25-7-9-27-10-8-25)13-23-20(21-6)22-12-16(3)14-26-18(5)11-17(4)24-26/h11,15-16,19H,7-10,12-14H2,1-6H3,(H2,21,22,23). The molecule has 1 aliphatic heterocycles. The van der Waals surface area contributed by atoms with Gasteiger partial charge < -0.3 is 15.4 Å². The van der Waals surface area contributed by atoms with Gasteiger partial charge in [0.15, 0.2) is 5.96 Å². The van der Waals surface area contributed by atoms with Gasteiger partial charge in [-0.25, -0.2) is 0 Å². The fourth-order valence-corrected chi connectivity index (χ4v) is 3.61. The van der Waals surface area contributed by atoms with Gasteiger partial charge in [0.2, 0.25) is 0 Å². The first kappa shape index (κ1) is 21.7. The van der Waals surface area contributed by atoms with Gasteiger partial charge in [0.1, 0.15) is 0 Å². The van der Waals surface area contributed by atoms with Crippen LogP contribution < -0.4 is 10.6 Å². The molecular formula is C20H38N6O. The van der Waals surface area contributed by atoms with Gasteiger partial charge in [-0.1, -0.05) is 20.8 Å². The van der Waals surface area contributed by atoms with Crippen LogP contribution in [0.4, 0.5) is 0 Å². The molecule has 2 unspecified atom stereocenters. The number of guanidine groups is 1. The first-order chi connectivity index (χ1) is 12.9. The third-order valence-corrected chi connectivity index (χ3v) is 5.19. The second kappa shape index (κ2) is 10.7. The number of aromatic nitrogens is 2. The van der Waals surface area contributed by atoms with Crippen molar-refractivity contribution in [2.45, 2.75) is 47.2 Å². The van der Waals surface area contributed by atoms with E-state index in [-0.39, 0.29) is 0 Å². The van der Waals surface area contributed by atoms with Gasteiger partial charge >= 0.3 is 0 Å². The number of aliphatic imine (C=N–C) groups is 1. The second-order valence-corrected chi connectivity index (χ2v) is 8.01. The van der Waals surface area contributed by atoms with Crippen LogP contribution in [0.3, 0.4) is 0 Å². The van der Waals surface area contributed by atoms with Gasteiger partial charge in [-0.15, -0.1) is 0 Å². The first-order valence-corrected chi connectivity index (χ1v) is 10.2. The third-order valence-electron chi connectivity index (χ3n) is 5.19. The Morgan fingerprint density at radius 1 is 1.19 bits per heavy atom. The Morgan fingerprint density at radius 2 is 1.85 bits per heavy atom. The maximum Gasteiger partial charge on any atom is 0.191 e. The minimum Gasteiger partial charge on any atom is -0.379 e. The molecule has 2 atom stereocenters. The summed E-state index contributed by atoms with van der Waals surface area (Å²) < 4.78 is 7.58. The average Bonchev–Trinajstić information content (AvgIpc) is 2.95. The van der Waals surface area contributed by atoms with Crippen LogP contribution in [0.5, 0.6) is 0 Å². The number of nitrogens with one attached hydrogen (secondary N) is 2. The molecule has 0 saturated carbocycles. The molecule has 2 heterocycles. The number of ether oxygens (including phenoxy) is 1. The second-order valence-electron chi connectivity index (χ2n) is 8.01. The summed E-state index contributed by atoms with van der Waals surface area (Å²) in [6.07, 6.45) is 0. The van der Waals surface area contributed by atoms with E-state index in [0.29, 0.717) is 17.9 Å². The summed E-state index contributed by atoms with van der Waals surface area (Å²) in [7, 11) is 1.83. The van der Waals surface area contributed by atoms with Crippen molar-refractivity contribution in [1.29, 1.82) is 0 Å². The molecule has 1 aromatic rings. The number of aryl methyl sites for hydroxylation is 2. The van der Waals surface area contributed by atoms with E-state index in [1.807, 2.05) is 14.0 Å². The van der Waals surface area contributed by atoms with E-state index < -0.39 is 0 Å². The maximum atomic E-state index is 5.49. The van der Waals surface area contributed by atoms with E-state index in [2.05, 4.69) is 64.1 Å². The van der Waals surface area contributed by atoms with Crippen LogP contribution >= 0.6 is 0 Å². The molecule has 154 valence electrons. The van der Waals surface area contributed by atoms with Crippen molar-refractivity contribution in [1.82, 2.24) is 25.3 Å². The molecule has 7 heteroatoms. The van der Waals surface area contributed by atoms with Crippen molar-refractivity contribution in [3.05, 3.63) is 17.5 Å². The lowest BCUT2D eigenvalue weighted by molar-refractivity contribution is 0.00752. The number of nitrogens with zero attached hydrogens (tertiary/aromatic N) is 4. The van der Waals surface area contributed by atoms with Gasteiger partial charge in [-0.2, -0.15) is 5.10 Å². The van der Waals surface area contributed by atoms with Crippen LogP contribution in [0.2, 0.25) is 0 Å². The van der Waals surface area contributed by atoms with Crippen LogP contribution in [0, 0.1) is 25.7 Å². The zero-order valence-corrected chi connectivity index (χ0v) is 18.0. The van der Waals surface area contributed by atoms with E-state index in [1.165, 1.54) is 5.69 Å². The van der Waals surface area contributed by atoms with Gasteiger partial charge in [0.25, 0.3) is 0 Å². The molecule has 0 bridgehead atoms. The molecule has 2 rings (SSSR count). The molecule has 0 radical (unpaired) electrons. The fraction of sp³-hybridized carbons (Fsp3) is 0.800. The summed E-state index contributed by atoms with van der Waals surface area (Å²) in [5.41, 5.74) is 2.29. The van der Waals surface area contributed by atoms with Crippen molar-refractivity contribution in [2.75, 3.05) is 46.4 Å². The average molecular weight is 379 g/mol. The molecule has 0 spiro atoms. The molecule has 1 saturated heterocycles. The van der Waals surface area contributed by atoms with Gasteiger partial charge in [0.05, 0.1) is 18.9 Å². The van der Waals surface area contributed by atoms with Crippen molar-refractivity contribution < 1.29 is 4.74 Å². The molecule has 1 aliphatic rings. The van der Waals surface area contributed by atoms with Crippen molar-refractivity contribution >= 4 is 5.96 Å². The van der Waals surface area contributed by atoms with Gasteiger partial charge in [0, 0.05) is 51.5 Å². The Morgan fingerprint density at radius 3 is 2.41 bits per heavy atom. The van der Waals surface area contributed by atoms with Crippen molar-refractivity contribution in [3.8, 4) is 0 Å².